The number of alkyl halides is 3. The second-order valence-electron chi connectivity index (χ2n) is 7.74. The number of para-hydroxylation sites is 1. The van der Waals surface area contributed by atoms with Crippen molar-refractivity contribution < 1.29 is 17.9 Å². The summed E-state index contributed by atoms with van der Waals surface area (Å²) in [5.41, 5.74) is 4.38. The number of H-pyrrole nitrogens is 1. The minimum Gasteiger partial charge on any atom is -0.378 e. The Morgan fingerprint density at radius 1 is 0.971 bits per heavy atom. The van der Waals surface area contributed by atoms with Crippen molar-refractivity contribution in [2.45, 2.75) is 6.18 Å². The Kier molecular flexibility index (Phi) is 6.19. The molecule has 5 rings (SSSR count). The monoisotopic (exact) mass is 482 g/mol. The SMILES string of the molecule is FC(F)(F)c1ccc(Nc2nc(N/N=C/c3c[nH]c4ccccc34)nc(N3CCOCC3)n2)cc1. The van der Waals surface area contributed by atoms with Crippen LogP contribution < -0.4 is 15.6 Å². The van der Waals surface area contributed by atoms with Crippen molar-refractivity contribution in [1.82, 2.24) is 19.9 Å². The molecular weight excluding hydrogens is 461 g/mol. The lowest BCUT2D eigenvalue weighted by molar-refractivity contribution is -0.137. The third-order valence-electron chi connectivity index (χ3n) is 5.38. The first-order valence-electron chi connectivity index (χ1n) is 10.8. The molecule has 2 aromatic heterocycles. The number of anilines is 4. The Bertz CT molecular complexity index is 1330. The fourth-order valence-corrected chi connectivity index (χ4v) is 3.61. The number of fused-ring (bicyclic) bond motifs is 1. The van der Waals surface area contributed by atoms with Crippen LogP contribution in [0.1, 0.15) is 11.1 Å². The minimum absolute atomic E-state index is 0.172. The highest BCUT2D eigenvalue weighted by molar-refractivity contribution is 5.99. The van der Waals surface area contributed by atoms with Crippen molar-refractivity contribution >= 4 is 40.6 Å². The predicted molar refractivity (Wildman–Crippen MR) is 127 cm³/mol. The van der Waals surface area contributed by atoms with Crippen LogP contribution >= 0.6 is 0 Å². The fourth-order valence-electron chi connectivity index (χ4n) is 3.61. The lowest BCUT2D eigenvalue weighted by Crippen LogP contribution is -2.37. The van der Waals surface area contributed by atoms with Gasteiger partial charge >= 0.3 is 6.18 Å². The summed E-state index contributed by atoms with van der Waals surface area (Å²) in [5.74, 6) is 0.764. The van der Waals surface area contributed by atoms with Gasteiger partial charge in [-0.2, -0.15) is 33.2 Å². The van der Waals surface area contributed by atoms with Gasteiger partial charge in [0.15, 0.2) is 0 Å². The highest BCUT2D eigenvalue weighted by atomic mass is 19.4. The molecule has 0 saturated carbocycles. The van der Waals surface area contributed by atoms with Gasteiger partial charge in [0.1, 0.15) is 0 Å². The first kappa shape index (κ1) is 22.6. The topological polar surface area (TPSA) is 103 Å². The molecule has 3 N–H and O–H groups in total. The second kappa shape index (κ2) is 9.58. The molecule has 0 unspecified atom stereocenters. The van der Waals surface area contributed by atoms with E-state index in [1.54, 1.807) is 6.21 Å². The number of ether oxygens (including phenoxy) is 1. The molecule has 1 fully saturated rings. The summed E-state index contributed by atoms with van der Waals surface area (Å²) < 4.78 is 44.0. The number of morpholine rings is 1. The molecule has 0 amide bonds. The first-order valence-corrected chi connectivity index (χ1v) is 10.8. The number of aromatic amines is 1. The molecule has 0 atom stereocenters. The zero-order valence-electron chi connectivity index (χ0n) is 18.4. The van der Waals surface area contributed by atoms with Crippen molar-refractivity contribution in [3.8, 4) is 0 Å². The number of hydrogen-bond donors (Lipinski definition) is 3. The average Bonchev–Trinajstić information content (AvgIpc) is 3.27. The molecule has 1 saturated heterocycles. The average molecular weight is 482 g/mol. The van der Waals surface area contributed by atoms with Crippen LogP contribution in [0.25, 0.3) is 10.9 Å². The summed E-state index contributed by atoms with van der Waals surface area (Å²) >= 11 is 0. The third-order valence-corrected chi connectivity index (χ3v) is 5.38. The van der Waals surface area contributed by atoms with Crippen molar-refractivity contribution in [2.75, 3.05) is 41.9 Å². The molecule has 0 radical (unpaired) electrons. The van der Waals surface area contributed by atoms with Gasteiger partial charge in [-0.25, -0.2) is 5.43 Å². The summed E-state index contributed by atoms with van der Waals surface area (Å²) in [4.78, 5) is 18.3. The minimum atomic E-state index is -4.41. The third kappa shape index (κ3) is 5.32. The number of nitrogens with one attached hydrogen (secondary N) is 3. The smallest absolute Gasteiger partial charge is 0.378 e. The van der Waals surface area contributed by atoms with E-state index in [9.17, 15) is 13.2 Å². The molecule has 180 valence electrons. The fraction of sp³-hybridized carbons (Fsp3) is 0.217. The highest BCUT2D eigenvalue weighted by Gasteiger charge is 2.30. The highest BCUT2D eigenvalue weighted by Crippen LogP contribution is 2.30. The van der Waals surface area contributed by atoms with E-state index in [0.717, 1.165) is 28.6 Å². The van der Waals surface area contributed by atoms with Crippen molar-refractivity contribution in [3.05, 3.63) is 65.9 Å². The maximum Gasteiger partial charge on any atom is 0.416 e. The zero-order chi connectivity index (χ0) is 24.3. The maximum absolute atomic E-state index is 12.9. The van der Waals surface area contributed by atoms with Gasteiger partial charge in [0, 0.05) is 41.4 Å². The number of halogens is 3. The van der Waals surface area contributed by atoms with Crippen LogP contribution in [0.4, 0.5) is 36.7 Å². The molecule has 9 nitrogen and oxygen atoms in total. The zero-order valence-corrected chi connectivity index (χ0v) is 18.4. The van der Waals surface area contributed by atoms with Gasteiger partial charge in [-0.15, -0.1) is 0 Å². The van der Waals surface area contributed by atoms with Crippen LogP contribution in [0.3, 0.4) is 0 Å². The lowest BCUT2D eigenvalue weighted by atomic mass is 10.2. The van der Waals surface area contributed by atoms with Crippen LogP contribution in [-0.2, 0) is 10.9 Å². The van der Waals surface area contributed by atoms with Gasteiger partial charge < -0.3 is 19.9 Å². The number of aromatic nitrogens is 4. The first-order chi connectivity index (χ1) is 17.0. The Labute approximate surface area is 198 Å². The number of hydrazone groups is 1. The van der Waals surface area contributed by atoms with E-state index in [0.29, 0.717) is 37.9 Å². The van der Waals surface area contributed by atoms with Crippen LogP contribution in [0, 0.1) is 0 Å². The van der Waals surface area contributed by atoms with Crippen LogP contribution in [-0.4, -0.2) is 52.5 Å². The van der Waals surface area contributed by atoms with Crippen LogP contribution in [0.2, 0.25) is 0 Å². The molecule has 0 aliphatic carbocycles. The van der Waals surface area contributed by atoms with Crippen molar-refractivity contribution in [3.63, 3.8) is 0 Å². The molecule has 1 aliphatic heterocycles. The van der Waals surface area contributed by atoms with Crippen LogP contribution in [0.5, 0.6) is 0 Å². The number of hydrogen-bond acceptors (Lipinski definition) is 8. The lowest BCUT2D eigenvalue weighted by Gasteiger charge is -2.27. The van der Waals surface area contributed by atoms with E-state index >= 15 is 0 Å². The summed E-state index contributed by atoms with van der Waals surface area (Å²) in [7, 11) is 0. The van der Waals surface area contributed by atoms with E-state index in [4.69, 9.17) is 4.74 Å². The van der Waals surface area contributed by atoms with Crippen molar-refractivity contribution in [1.29, 1.82) is 0 Å². The van der Waals surface area contributed by atoms with E-state index in [2.05, 4.69) is 35.8 Å². The Hall–Kier alpha value is -4.19. The summed E-state index contributed by atoms with van der Waals surface area (Å²) in [6.07, 6.45) is -0.908. The molecule has 3 heterocycles. The van der Waals surface area contributed by atoms with Gasteiger partial charge in [-0.3, -0.25) is 0 Å². The van der Waals surface area contributed by atoms with Gasteiger partial charge in [-0.1, -0.05) is 18.2 Å². The molecule has 0 bridgehead atoms. The van der Waals surface area contributed by atoms with Gasteiger partial charge in [-0.05, 0) is 30.3 Å². The summed E-state index contributed by atoms with van der Waals surface area (Å²) in [5, 5.41) is 8.23. The molecule has 4 aromatic rings. The Morgan fingerprint density at radius 3 is 2.49 bits per heavy atom. The van der Waals surface area contributed by atoms with E-state index in [-0.39, 0.29) is 11.9 Å². The largest absolute Gasteiger partial charge is 0.416 e. The Morgan fingerprint density at radius 2 is 1.71 bits per heavy atom. The van der Waals surface area contributed by atoms with E-state index in [1.807, 2.05) is 35.4 Å². The quantitative estimate of drug-likeness (QED) is 0.277. The summed E-state index contributed by atoms with van der Waals surface area (Å²) in [6, 6.07) is 12.5. The molecule has 2 aromatic carbocycles. The van der Waals surface area contributed by atoms with E-state index < -0.39 is 11.7 Å². The van der Waals surface area contributed by atoms with Gasteiger partial charge in [0.25, 0.3) is 0 Å². The molecule has 12 heteroatoms. The molecule has 0 spiro atoms. The summed E-state index contributed by atoms with van der Waals surface area (Å²) in [6.45, 7) is 2.27. The molecule has 1 aliphatic rings. The Balaban J connectivity index is 1.38. The number of rotatable bonds is 6. The number of benzene rings is 2. The second-order valence-corrected chi connectivity index (χ2v) is 7.74. The maximum atomic E-state index is 12.9. The molecular formula is C23H21F3N8O. The standard InChI is InChI=1S/C23H21F3N8O/c24-23(25,26)16-5-7-17(8-6-16)29-20-30-21(32-22(31-20)34-9-11-35-12-10-34)33-28-14-15-13-27-19-4-2-1-3-18(15)19/h1-8,13-14,27H,9-12H2,(H2,29,30,31,32,33)/b28-14+. The molecule has 35 heavy (non-hydrogen) atoms. The van der Waals surface area contributed by atoms with Crippen molar-refractivity contribution in [2.24, 2.45) is 5.10 Å². The van der Waals surface area contributed by atoms with Crippen LogP contribution in [0.15, 0.2) is 59.8 Å². The normalized spacial score (nSPS) is 14.5. The predicted octanol–water partition coefficient (Wildman–Crippen LogP) is 4.40. The number of nitrogens with zero attached hydrogens (tertiary/aromatic N) is 5. The van der Waals surface area contributed by atoms with Gasteiger partial charge in [0.05, 0.1) is 25.0 Å². The van der Waals surface area contributed by atoms with E-state index in [1.165, 1.54) is 12.1 Å². The van der Waals surface area contributed by atoms with Gasteiger partial charge in [0.2, 0.25) is 17.8 Å².